The number of oxazole rings is 1. The maximum Gasteiger partial charge on any atom is 0.276 e. The van der Waals surface area contributed by atoms with Gasteiger partial charge in [0.25, 0.3) is 11.8 Å². The first-order valence-electron chi connectivity index (χ1n) is 13.9. The molecule has 1 aromatic heterocycles. The molecule has 1 fully saturated rings. The highest BCUT2D eigenvalue weighted by molar-refractivity contribution is 5.99. The molecule has 8 heteroatoms. The second-order valence-corrected chi connectivity index (χ2v) is 9.90. The first kappa shape index (κ1) is 26.8. The first-order valence-corrected chi connectivity index (χ1v) is 13.9. The van der Waals surface area contributed by atoms with Crippen molar-refractivity contribution in [3.63, 3.8) is 0 Å². The van der Waals surface area contributed by atoms with Gasteiger partial charge in [-0.3, -0.25) is 9.59 Å². The van der Waals surface area contributed by atoms with Crippen LogP contribution in [-0.2, 0) is 4.79 Å². The Kier molecular flexibility index (Phi) is 7.94. The summed E-state index contributed by atoms with van der Waals surface area (Å²) < 4.78 is 11.8. The summed E-state index contributed by atoms with van der Waals surface area (Å²) in [5.41, 5.74) is 3.50. The number of hydrogen-bond acceptors (Lipinski definition) is 6. The van der Waals surface area contributed by atoms with Crippen LogP contribution in [0, 0.1) is 0 Å². The maximum atomic E-state index is 13.8. The number of amides is 2. The summed E-state index contributed by atoms with van der Waals surface area (Å²) in [4.78, 5) is 35.0. The predicted molar refractivity (Wildman–Crippen MR) is 163 cm³/mol. The van der Waals surface area contributed by atoms with Crippen LogP contribution in [0.5, 0.6) is 5.75 Å². The number of anilines is 2. The van der Waals surface area contributed by atoms with Gasteiger partial charge < -0.3 is 24.3 Å². The number of para-hydroxylation sites is 2. The third kappa shape index (κ3) is 6.18. The van der Waals surface area contributed by atoms with E-state index in [0.717, 1.165) is 24.3 Å². The lowest BCUT2D eigenvalue weighted by Crippen LogP contribution is -2.49. The van der Waals surface area contributed by atoms with E-state index in [-0.39, 0.29) is 24.1 Å². The van der Waals surface area contributed by atoms with Gasteiger partial charge in [-0.25, -0.2) is 4.98 Å². The summed E-state index contributed by atoms with van der Waals surface area (Å²) in [5, 5.41) is 2.84. The summed E-state index contributed by atoms with van der Waals surface area (Å²) in [7, 11) is 0. The lowest BCUT2D eigenvalue weighted by Gasteiger charge is -2.35. The second-order valence-electron chi connectivity index (χ2n) is 9.90. The van der Waals surface area contributed by atoms with Gasteiger partial charge in [-0.1, -0.05) is 54.6 Å². The van der Waals surface area contributed by atoms with Crippen LogP contribution in [0.3, 0.4) is 0 Å². The van der Waals surface area contributed by atoms with Crippen molar-refractivity contribution in [3.05, 3.63) is 121 Å². The molecule has 0 saturated carbocycles. The van der Waals surface area contributed by atoms with Crippen molar-refractivity contribution in [1.29, 1.82) is 0 Å². The van der Waals surface area contributed by atoms with Crippen molar-refractivity contribution in [3.8, 4) is 28.5 Å². The molecule has 2 amide bonds. The third-order valence-corrected chi connectivity index (χ3v) is 7.08. The zero-order chi connectivity index (χ0) is 28.7. The van der Waals surface area contributed by atoms with Crippen molar-refractivity contribution in [2.75, 3.05) is 43.0 Å². The van der Waals surface area contributed by atoms with E-state index in [1.165, 1.54) is 0 Å². The highest BCUT2D eigenvalue weighted by Crippen LogP contribution is 2.32. The van der Waals surface area contributed by atoms with Crippen molar-refractivity contribution >= 4 is 23.2 Å². The Balaban J connectivity index is 1.19. The molecule has 1 aliphatic rings. The molecule has 0 radical (unpaired) electrons. The molecule has 6 rings (SSSR count). The van der Waals surface area contributed by atoms with Gasteiger partial charge in [0.2, 0.25) is 5.89 Å². The highest BCUT2D eigenvalue weighted by Gasteiger charge is 2.29. The fraction of sp³-hybridized carbons (Fsp3) is 0.147. The number of ether oxygens (including phenoxy) is 1. The molecule has 2 heterocycles. The highest BCUT2D eigenvalue weighted by atomic mass is 16.5. The van der Waals surface area contributed by atoms with Crippen LogP contribution < -0.4 is 15.0 Å². The number of piperazine rings is 1. The number of hydrogen-bond donors (Lipinski definition) is 1. The van der Waals surface area contributed by atoms with Crippen molar-refractivity contribution in [2.45, 2.75) is 0 Å². The SMILES string of the molecule is O=C(COc1ccccc1)Nc1ccc(-c2oc(-c3ccccc3)nc2C(=O)N2CCN(c3ccccc3)CC2)cc1. The van der Waals surface area contributed by atoms with Crippen molar-refractivity contribution < 1.29 is 18.7 Å². The van der Waals surface area contributed by atoms with E-state index in [1.54, 1.807) is 24.3 Å². The van der Waals surface area contributed by atoms with Crippen LogP contribution in [0.2, 0.25) is 0 Å². The quantitative estimate of drug-likeness (QED) is 0.252. The summed E-state index contributed by atoms with van der Waals surface area (Å²) in [6, 6.07) is 36.1. The van der Waals surface area contributed by atoms with Gasteiger partial charge in [0.15, 0.2) is 18.1 Å². The van der Waals surface area contributed by atoms with E-state index < -0.39 is 0 Å². The molecule has 0 spiro atoms. The monoisotopic (exact) mass is 558 g/mol. The molecule has 1 N–H and O–H groups in total. The third-order valence-electron chi connectivity index (χ3n) is 7.08. The smallest absolute Gasteiger partial charge is 0.276 e. The van der Waals surface area contributed by atoms with Gasteiger partial charge in [0.1, 0.15) is 5.75 Å². The molecule has 210 valence electrons. The number of nitrogens with one attached hydrogen (secondary N) is 1. The van der Waals surface area contributed by atoms with Gasteiger partial charge >= 0.3 is 0 Å². The Hall–Kier alpha value is -5.37. The normalized spacial score (nSPS) is 13.0. The van der Waals surface area contributed by atoms with Gasteiger partial charge in [0.05, 0.1) is 0 Å². The molecular weight excluding hydrogens is 528 g/mol. The molecule has 5 aromatic rings. The fourth-order valence-electron chi connectivity index (χ4n) is 4.89. The van der Waals surface area contributed by atoms with Gasteiger partial charge in [0, 0.05) is 48.7 Å². The van der Waals surface area contributed by atoms with E-state index in [1.807, 2.05) is 83.8 Å². The molecule has 0 bridgehead atoms. The zero-order valence-electron chi connectivity index (χ0n) is 23.0. The molecule has 1 saturated heterocycles. The summed E-state index contributed by atoms with van der Waals surface area (Å²) in [6.07, 6.45) is 0. The molecule has 42 heavy (non-hydrogen) atoms. The standard InChI is InChI=1S/C34H30N4O4/c39-30(24-41-29-14-8-3-9-15-29)35-27-18-16-25(17-19-27)32-31(36-33(42-32)26-10-4-1-5-11-26)34(40)38-22-20-37(21-23-38)28-12-6-2-7-13-28/h1-19H,20-24H2,(H,35,39). The number of benzene rings is 4. The Morgan fingerprint density at radius 2 is 1.36 bits per heavy atom. The van der Waals surface area contributed by atoms with Crippen molar-refractivity contribution in [2.24, 2.45) is 0 Å². The van der Waals surface area contributed by atoms with Gasteiger partial charge in [-0.15, -0.1) is 0 Å². The Bertz CT molecular complexity index is 1630. The summed E-state index contributed by atoms with van der Waals surface area (Å²) in [5.74, 6) is 0.963. The average molecular weight is 559 g/mol. The van der Waals surface area contributed by atoms with Crippen LogP contribution in [0.15, 0.2) is 120 Å². The van der Waals surface area contributed by atoms with Gasteiger partial charge in [-0.2, -0.15) is 0 Å². The van der Waals surface area contributed by atoms with Crippen LogP contribution in [0.1, 0.15) is 10.5 Å². The first-order chi connectivity index (χ1) is 20.6. The second kappa shape index (κ2) is 12.4. The maximum absolute atomic E-state index is 13.8. The topological polar surface area (TPSA) is 87.9 Å². The Labute approximate surface area is 244 Å². The Morgan fingerprint density at radius 1 is 0.738 bits per heavy atom. The largest absolute Gasteiger partial charge is 0.484 e. The molecule has 1 aliphatic heterocycles. The van der Waals surface area contributed by atoms with Gasteiger partial charge in [-0.05, 0) is 60.7 Å². The van der Waals surface area contributed by atoms with Crippen LogP contribution >= 0.6 is 0 Å². The van der Waals surface area contributed by atoms with Crippen LogP contribution in [0.25, 0.3) is 22.8 Å². The fourth-order valence-corrected chi connectivity index (χ4v) is 4.89. The van der Waals surface area contributed by atoms with E-state index in [2.05, 4.69) is 27.3 Å². The minimum absolute atomic E-state index is 0.107. The van der Waals surface area contributed by atoms with Crippen molar-refractivity contribution in [1.82, 2.24) is 9.88 Å². The van der Waals surface area contributed by atoms with Crippen LogP contribution in [-0.4, -0.2) is 54.5 Å². The zero-order valence-corrected chi connectivity index (χ0v) is 23.0. The summed E-state index contributed by atoms with van der Waals surface area (Å²) >= 11 is 0. The van der Waals surface area contributed by atoms with E-state index in [4.69, 9.17) is 9.15 Å². The van der Waals surface area contributed by atoms with E-state index >= 15 is 0 Å². The minimum atomic E-state index is -0.275. The van der Waals surface area contributed by atoms with Crippen LogP contribution in [0.4, 0.5) is 11.4 Å². The lowest BCUT2D eigenvalue weighted by atomic mass is 10.1. The molecular formula is C34H30N4O4. The lowest BCUT2D eigenvalue weighted by molar-refractivity contribution is -0.118. The molecule has 0 atom stereocenters. The van der Waals surface area contributed by atoms with E-state index in [9.17, 15) is 9.59 Å². The molecule has 4 aromatic carbocycles. The Morgan fingerprint density at radius 3 is 2.02 bits per heavy atom. The number of nitrogens with zero attached hydrogens (tertiary/aromatic N) is 3. The number of carbonyl (C=O) groups excluding carboxylic acids is 2. The number of carbonyl (C=O) groups is 2. The molecule has 8 nitrogen and oxygen atoms in total. The predicted octanol–water partition coefficient (Wildman–Crippen LogP) is 5.99. The summed E-state index contributed by atoms with van der Waals surface area (Å²) in [6.45, 7) is 2.52. The minimum Gasteiger partial charge on any atom is -0.484 e. The van der Waals surface area contributed by atoms with E-state index in [0.29, 0.717) is 41.7 Å². The number of rotatable bonds is 8. The average Bonchev–Trinajstić information content (AvgIpc) is 3.51. The molecule has 0 aliphatic carbocycles. The number of aromatic nitrogens is 1. The molecule has 0 unspecified atom stereocenters.